The Balaban J connectivity index is 1.89. The van der Waals surface area contributed by atoms with Gasteiger partial charge in [0.15, 0.2) is 0 Å². The Bertz CT molecular complexity index is 992. The standard InChI is InChI=1S/C19H26N4O4S/c1-4-6-12-9-21-17-15(18(25)23(3)19(26)22(17)2)16(12)28-11-14(24)20-10-13-7-5-8-27-13/h9,13H,4-8,10-11H2,1-3H3,(H,20,24)/t13-/m0/s1. The number of pyridine rings is 1. The van der Waals surface area contributed by atoms with E-state index in [9.17, 15) is 14.4 Å². The number of nitrogens with zero attached hydrogens (tertiary/aromatic N) is 3. The van der Waals surface area contributed by atoms with Gasteiger partial charge in [0.05, 0.1) is 17.2 Å². The maximum atomic E-state index is 12.8. The molecule has 0 bridgehead atoms. The average Bonchev–Trinajstić information content (AvgIpc) is 3.21. The lowest BCUT2D eigenvalue weighted by Crippen LogP contribution is -2.37. The van der Waals surface area contributed by atoms with Crippen LogP contribution >= 0.6 is 11.8 Å². The first-order chi connectivity index (χ1) is 13.4. The number of fused-ring (bicyclic) bond motifs is 1. The normalized spacial score (nSPS) is 16.6. The summed E-state index contributed by atoms with van der Waals surface area (Å²) in [5, 5.41) is 3.30. The van der Waals surface area contributed by atoms with E-state index in [2.05, 4.69) is 10.3 Å². The predicted octanol–water partition coefficient (Wildman–Crippen LogP) is 0.972. The van der Waals surface area contributed by atoms with Gasteiger partial charge in [-0.25, -0.2) is 9.78 Å². The molecule has 1 aliphatic rings. The molecule has 8 nitrogen and oxygen atoms in total. The van der Waals surface area contributed by atoms with E-state index >= 15 is 0 Å². The Hall–Kier alpha value is -2.13. The van der Waals surface area contributed by atoms with Gasteiger partial charge in [-0.1, -0.05) is 13.3 Å². The Morgan fingerprint density at radius 1 is 1.36 bits per heavy atom. The highest BCUT2D eigenvalue weighted by molar-refractivity contribution is 8.00. The van der Waals surface area contributed by atoms with Gasteiger partial charge in [-0.15, -0.1) is 11.8 Å². The lowest BCUT2D eigenvalue weighted by molar-refractivity contribution is -0.119. The highest BCUT2D eigenvalue weighted by Gasteiger charge is 2.19. The minimum Gasteiger partial charge on any atom is -0.376 e. The van der Waals surface area contributed by atoms with Crippen LogP contribution in [0.5, 0.6) is 0 Å². The Morgan fingerprint density at radius 3 is 2.82 bits per heavy atom. The van der Waals surface area contributed by atoms with Gasteiger partial charge in [0.1, 0.15) is 5.65 Å². The molecule has 0 spiro atoms. The second-order valence-corrected chi connectivity index (χ2v) is 7.98. The minimum absolute atomic E-state index is 0.0909. The van der Waals surface area contributed by atoms with Gasteiger partial charge >= 0.3 is 5.69 Å². The molecule has 0 aromatic carbocycles. The summed E-state index contributed by atoms with van der Waals surface area (Å²) in [5.41, 5.74) is 0.460. The first-order valence-corrected chi connectivity index (χ1v) is 10.5. The first kappa shape index (κ1) is 20.6. The van der Waals surface area contributed by atoms with Crippen LogP contribution in [0.15, 0.2) is 20.7 Å². The molecule has 0 radical (unpaired) electrons. The molecule has 1 amide bonds. The quantitative estimate of drug-likeness (QED) is 0.689. The topological polar surface area (TPSA) is 95.2 Å². The summed E-state index contributed by atoms with van der Waals surface area (Å²) in [4.78, 5) is 42.4. The van der Waals surface area contributed by atoms with E-state index in [0.29, 0.717) is 17.6 Å². The summed E-state index contributed by atoms with van der Waals surface area (Å²) < 4.78 is 7.98. The minimum atomic E-state index is -0.418. The Labute approximate surface area is 167 Å². The summed E-state index contributed by atoms with van der Waals surface area (Å²) in [6.45, 7) is 3.31. The van der Waals surface area contributed by atoms with Gasteiger partial charge in [0, 0.05) is 38.3 Å². The zero-order chi connectivity index (χ0) is 20.3. The van der Waals surface area contributed by atoms with Crippen molar-refractivity contribution in [1.29, 1.82) is 0 Å². The van der Waals surface area contributed by atoms with Gasteiger partial charge < -0.3 is 10.1 Å². The van der Waals surface area contributed by atoms with Gasteiger partial charge in [-0.05, 0) is 24.8 Å². The summed E-state index contributed by atoms with van der Waals surface area (Å²) >= 11 is 1.32. The van der Waals surface area contributed by atoms with E-state index in [4.69, 9.17) is 4.74 Å². The predicted molar refractivity (Wildman–Crippen MR) is 109 cm³/mol. The number of thioether (sulfide) groups is 1. The average molecular weight is 407 g/mol. The van der Waals surface area contributed by atoms with Gasteiger partial charge in [0.25, 0.3) is 5.56 Å². The number of hydrogen-bond donors (Lipinski definition) is 1. The van der Waals surface area contributed by atoms with E-state index in [-0.39, 0.29) is 23.3 Å². The van der Waals surface area contributed by atoms with Crippen LogP contribution in [-0.4, -0.2) is 45.0 Å². The molecule has 0 saturated carbocycles. The fourth-order valence-corrected chi connectivity index (χ4v) is 4.42. The molecule has 1 saturated heterocycles. The molecule has 1 fully saturated rings. The van der Waals surface area contributed by atoms with Crippen LogP contribution in [0, 0.1) is 0 Å². The Morgan fingerprint density at radius 2 is 2.14 bits per heavy atom. The van der Waals surface area contributed by atoms with E-state index in [1.54, 1.807) is 13.2 Å². The molecule has 0 aliphatic carbocycles. The number of aryl methyl sites for hydroxylation is 2. The van der Waals surface area contributed by atoms with E-state index < -0.39 is 5.69 Å². The molecule has 0 unspecified atom stereocenters. The van der Waals surface area contributed by atoms with Crippen molar-refractivity contribution < 1.29 is 9.53 Å². The second kappa shape index (κ2) is 8.91. The molecule has 1 N–H and O–H groups in total. The molecule has 3 rings (SSSR count). The molecule has 2 aromatic rings. The molecule has 28 heavy (non-hydrogen) atoms. The lowest BCUT2D eigenvalue weighted by atomic mass is 10.1. The summed E-state index contributed by atoms with van der Waals surface area (Å²) in [7, 11) is 3.05. The molecule has 2 aromatic heterocycles. The highest BCUT2D eigenvalue weighted by atomic mass is 32.2. The maximum Gasteiger partial charge on any atom is 0.332 e. The smallest absolute Gasteiger partial charge is 0.332 e. The van der Waals surface area contributed by atoms with Gasteiger partial charge in [0.2, 0.25) is 5.91 Å². The second-order valence-electron chi connectivity index (χ2n) is 6.99. The van der Waals surface area contributed by atoms with Crippen molar-refractivity contribution in [2.75, 3.05) is 18.9 Å². The third-order valence-electron chi connectivity index (χ3n) is 4.91. The van der Waals surface area contributed by atoms with Gasteiger partial charge in [-0.2, -0.15) is 0 Å². The fourth-order valence-electron chi connectivity index (χ4n) is 3.38. The van der Waals surface area contributed by atoms with Crippen molar-refractivity contribution in [3.8, 4) is 0 Å². The van der Waals surface area contributed by atoms with Crippen LogP contribution in [0.3, 0.4) is 0 Å². The van der Waals surface area contributed by atoms with Crippen molar-refractivity contribution in [3.05, 3.63) is 32.6 Å². The van der Waals surface area contributed by atoms with Crippen LogP contribution in [0.4, 0.5) is 0 Å². The highest BCUT2D eigenvalue weighted by Crippen LogP contribution is 2.28. The molecule has 3 heterocycles. The third kappa shape index (κ3) is 4.15. The number of carbonyl (C=O) groups is 1. The molecule has 152 valence electrons. The van der Waals surface area contributed by atoms with E-state index in [1.165, 1.54) is 23.4 Å². The largest absolute Gasteiger partial charge is 0.376 e. The van der Waals surface area contributed by atoms with Crippen LogP contribution in [-0.2, 0) is 30.0 Å². The molecule has 1 atom stereocenters. The van der Waals surface area contributed by atoms with Crippen molar-refractivity contribution in [3.63, 3.8) is 0 Å². The number of nitrogens with one attached hydrogen (secondary N) is 1. The molecular formula is C19H26N4O4S. The number of rotatable bonds is 7. The van der Waals surface area contributed by atoms with Crippen molar-refractivity contribution in [2.24, 2.45) is 14.1 Å². The van der Waals surface area contributed by atoms with Crippen LogP contribution in [0.25, 0.3) is 11.0 Å². The SMILES string of the molecule is CCCc1cnc2c(c1SCC(=O)NC[C@@H]1CCCO1)c(=O)n(C)c(=O)n2C. The van der Waals surface area contributed by atoms with Crippen LogP contribution in [0.1, 0.15) is 31.7 Å². The van der Waals surface area contributed by atoms with E-state index in [1.807, 2.05) is 6.92 Å². The van der Waals surface area contributed by atoms with E-state index in [0.717, 1.165) is 47.3 Å². The molecule has 9 heteroatoms. The lowest BCUT2D eigenvalue weighted by Gasteiger charge is -2.14. The monoisotopic (exact) mass is 406 g/mol. The number of carbonyl (C=O) groups excluding carboxylic acids is 1. The van der Waals surface area contributed by atoms with Crippen LogP contribution in [0.2, 0.25) is 0 Å². The molecular weight excluding hydrogens is 380 g/mol. The summed E-state index contributed by atoms with van der Waals surface area (Å²) in [6, 6.07) is 0. The zero-order valence-corrected chi connectivity index (χ0v) is 17.3. The third-order valence-corrected chi connectivity index (χ3v) is 6.07. The number of ether oxygens (including phenoxy) is 1. The summed E-state index contributed by atoms with van der Waals surface area (Å²) in [5.74, 6) is 0.0868. The Kier molecular flexibility index (Phi) is 6.56. The molecule has 1 aliphatic heterocycles. The first-order valence-electron chi connectivity index (χ1n) is 9.52. The van der Waals surface area contributed by atoms with Gasteiger partial charge in [-0.3, -0.25) is 18.7 Å². The summed E-state index contributed by atoms with van der Waals surface area (Å²) in [6.07, 6.45) is 5.42. The van der Waals surface area contributed by atoms with Crippen molar-refractivity contribution >= 4 is 28.7 Å². The fraction of sp³-hybridized carbons (Fsp3) is 0.579. The number of amides is 1. The van der Waals surface area contributed by atoms with Crippen molar-refractivity contribution in [1.82, 2.24) is 19.4 Å². The maximum absolute atomic E-state index is 12.8. The van der Waals surface area contributed by atoms with Crippen molar-refractivity contribution in [2.45, 2.75) is 43.6 Å². The number of hydrogen-bond acceptors (Lipinski definition) is 6. The zero-order valence-electron chi connectivity index (χ0n) is 16.5. The van der Waals surface area contributed by atoms with Crippen LogP contribution < -0.4 is 16.6 Å². The number of aromatic nitrogens is 3.